The van der Waals surface area contributed by atoms with Gasteiger partial charge in [0, 0.05) is 50.1 Å². The molecule has 0 saturated carbocycles. The number of furan rings is 1. The summed E-state index contributed by atoms with van der Waals surface area (Å²) in [6.45, 7) is 0. The van der Waals surface area contributed by atoms with Crippen LogP contribution in [0.1, 0.15) is 22.9 Å². The van der Waals surface area contributed by atoms with Gasteiger partial charge in [0.2, 0.25) is 0 Å². The summed E-state index contributed by atoms with van der Waals surface area (Å²) < 4.78 is 9.25. The monoisotopic (exact) mass is 817 g/mol. The van der Waals surface area contributed by atoms with Crippen molar-refractivity contribution in [3.05, 3.63) is 241 Å². The summed E-state index contributed by atoms with van der Waals surface area (Å²) in [4.78, 5) is 5.48. The lowest BCUT2D eigenvalue weighted by Gasteiger charge is -2.25. The van der Waals surface area contributed by atoms with E-state index >= 15 is 0 Å². The van der Waals surface area contributed by atoms with Gasteiger partial charge in [0.05, 0.1) is 16.7 Å². The molecule has 4 heteroatoms. The van der Waals surface area contributed by atoms with E-state index in [1.807, 2.05) is 0 Å². The van der Waals surface area contributed by atoms with Gasteiger partial charge in [0.1, 0.15) is 17.3 Å². The third-order valence-electron chi connectivity index (χ3n) is 13.0. The van der Waals surface area contributed by atoms with Crippen molar-refractivity contribution in [3.63, 3.8) is 0 Å². The van der Waals surface area contributed by atoms with E-state index in [0.717, 1.165) is 66.8 Å². The fourth-order valence-electron chi connectivity index (χ4n) is 9.84. The minimum Gasteiger partial charge on any atom is -0.456 e. The number of fused-ring (bicyclic) bond motifs is 8. The average molecular weight is 818 g/mol. The van der Waals surface area contributed by atoms with E-state index in [0.29, 0.717) is 0 Å². The summed E-state index contributed by atoms with van der Waals surface area (Å²) in [5, 5.41) is 13.2. The van der Waals surface area contributed by atoms with E-state index in [9.17, 15) is 0 Å². The van der Waals surface area contributed by atoms with Crippen LogP contribution in [-0.4, -0.2) is 10.3 Å². The van der Waals surface area contributed by atoms with Crippen LogP contribution in [0.5, 0.6) is 0 Å². The van der Waals surface area contributed by atoms with Crippen LogP contribution in [0, 0.1) is 0 Å². The van der Waals surface area contributed by atoms with E-state index in [2.05, 4.69) is 234 Å². The highest BCUT2D eigenvalue weighted by molar-refractivity contribution is 6.16. The first-order valence-corrected chi connectivity index (χ1v) is 21.9. The maximum Gasteiger partial charge on any atom is 0.146 e. The Labute approximate surface area is 369 Å². The molecule has 0 saturated heterocycles. The highest BCUT2D eigenvalue weighted by Gasteiger charge is 2.25. The van der Waals surface area contributed by atoms with Crippen LogP contribution in [0.4, 0.5) is 0 Å². The van der Waals surface area contributed by atoms with Crippen LogP contribution in [0.25, 0.3) is 98.9 Å². The minimum atomic E-state index is -0.373. The zero-order valence-corrected chi connectivity index (χ0v) is 34.7. The summed E-state index contributed by atoms with van der Waals surface area (Å²) >= 11 is 0. The number of hydrogen-bond acceptors (Lipinski definition) is 3. The molecule has 64 heavy (non-hydrogen) atoms. The van der Waals surface area contributed by atoms with Crippen LogP contribution in [-0.2, 0) is 0 Å². The van der Waals surface area contributed by atoms with Crippen LogP contribution >= 0.6 is 0 Å². The third kappa shape index (κ3) is 6.03. The number of benzene rings is 10. The Hall–Kier alpha value is -8.47. The molecule has 0 spiro atoms. The van der Waals surface area contributed by atoms with Gasteiger partial charge in [-0.3, -0.25) is 4.99 Å². The summed E-state index contributed by atoms with van der Waals surface area (Å²) in [5.74, 6) is 0. The van der Waals surface area contributed by atoms with Crippen molar-refractivity contribution < 1.29 is 4.42 Å². The van der Waals surface area contributed by atoms with Crippen LogP contribution < -0.4 is 5.32 Å². The van der Waals surface area contributed by atoms with Crippen molar-refractivity contribution in [1.29, 1.82) is 0 Å². The van der Waals surface area contributed by atoms with Gasteiger partial charge in [-0.15, -0.1) is 0 Å². The fraction of sp³-hybridized carbons (Fsp3) is 0.0167. The molecule has 1 aliphatic rings. The lowest BCUT2D eigenvalue weighted by molar-refractivity contribution is 0.658. The molecular formula is C60H39N3O. The van der Waals surface area contributed by atoms with Gasteiger partial charge in [-0.2, -0.15) is 0 Å². The first-order chi connectivity index (χ1) is 31.7. The lowest BCUT2D eigenvalue weighted by Crippen LogP contribution is -2.25. The normalized spacial score (nSPS) is 14.1. The first-order valence-electron chi connectivity index (χ1n) is 21.9. The molecule has 0 amide bonds. The van der Waals surface area contributed by atoms with Gasteiger partial charge in [-0.05, 0) is 97.9 Å². The molecule has 4 nitrogen and oxygen atoms in total. The second-order valence-electron chi connectivity index (χ2n) is 16.8. The maximum absolute atomic E-state index is 6.85. The molecule has 0 aliphatic carbocycles. The molecule has 0 radical (unpaired) electrons. The van der Waals surface area contributed by atoms with Crippen molar-refractivity contribution in [2.45, 2.75) is 6.17 Å². The Morgan fingerprint density at radius 2 is 0.969 bits per heavy atom. The SMILES string of the molecule is C1=C(c2ccc3ccccc3c2)NC(c2cccc3oc4cc(-n5c6cc(-c7ccccc7)ccc6c6ccc(-c7ccccc7)cc65)ccc4c23)N=C1c1ccc2ccccc2c1. The van der Waals surface area contributed by atoms with Gasteiger partial charge in [0.15, 0.2) is 0 Å². The minimum absolute atomic E-state index is 0.373. The second-order valence-corrected chi connectivity index (χ2v) is 16.8. The van der Waals surface area contributed by atoms with Gasteiger partial charge < -0.3 is 14.3 Å². The Kier molecular flexibility index (Phi) is 8.25. The van der Waals surface area contributed by atoms with E-state index in [1.165, 1.54) is 54.6 Å². The highest BCUT2D eigenvalue weighted by atomic mass is 16.3. The number of hydrogen-bond donors (Lipinski definition) is 1. The predicted molar refractivity (Wildman–Crippen MR) is 267 cm³/mol. The molecule has 0 bridgehead atoms. The Morgan fingerprint density at radius 3 is 1.62 bits per heavy atom. The lowest BCUT2D eigenvalue weighted by atomic mass is 9.97. The summed E-state index contributed by atoms with van der Waals surface area (Å²) in [7, 11) is 0. The molecule has 300 valence electrons. The molecule has 2 aromatic heterocycles. The van der Waals surface area contributed by atoms with Crippen molar-refractivity contribution in [2.75, 3.05) is 0 Å². The Bertz CT molecular complexity index is 3780. The summed E-state index contributed by atoms with van der Waals surface area (Å²) in [6.07, 6.45) is 1.82. The van der Waals surface area contributed by atoms with Crippen molar-refractivity contribution >= 4 is 76.7 Å². The molecule has 13 rings (SSSR count). The average Bonchev–Trinajstić information content (AvgIpc) is 3.91. The largest absolute Gasteiger partial charge is 0.456 e. The Balaban J connectivity index is 0.977. The smallest absolute Gasteiger partial charge is 0.146 e. The number of nitrogens with one attached hydrogen (secondary N) is 1. The summed E-state index contributed by atoms with van der Waals surface area (Å²) in [6, 6.07) is 78.3. The fourth-order valence-corrected chi connectivity index (χ4v) is 9.84. The van der Waals surface area contributed by atoms with Crippen molar-refractivity contribution in [2.24, 2.45) is 4.99 Å². The van der Waals surface area contributed by atoms with Gasteiger partial charge in [-0.25, -0.2) is 0 Å². The van der Waals surface area contributed by atoms with Crippen molar-refractivity contribution in [3.8, 4) is 27.9 Å². The van der Waals surface area contributed by atoms with Gasteiger partial charge in [-0.1, -0.05) is 170 Å². The topological polar surface area (TPSA) is 42.5 Å². The third-order valence-corrected chi connectivity index (χ3v) is 13.0. The molecular weight excluding hydrogens is 779 g/mol. The van der Waals surface area contributed by atoms with E-state index in [1.54, 1.807) is 0 Å². The molecule has 1 atom stereocenters. The van der Waals surface area contributed by atoms with E-state index < -0.39 is 0 Å². The second kappa shape index (κ2) is 14.6. The molecule has 1 unspecified atom stereocenters. The number of rotatable bonds is 6. The number of allylic oxidation sites excluding steroid dienone is 1. The number of aromatic nitrogens is 1. The number of nitrogens with zero attached hydrogens (tertiary/aromatic N) is 2. The Morgan fingerprint density at radius 1 is 0.406 bits per heavy atom. The molecule has 12 aromatic rings. The molecule has 0 fully saturated rings. The van der Waals surface area contributed by atoms with Crippen LogP contribution in [0.2, 0.25) is 0 Å². The molecule has 10 aromatic carbocycles. The highest BCUT2D eigenvalue weighted by Crippen LogP contribution is 2.41. The zero-order valence-electron chi connectivity index (χ0n) is 34.7. The standard InChI is InChI=1S/C60H39N3O/c1-3-12-38(13-4-1)44-26-29-49-50-30-27-45(39-14-5-2-6-15-39)35-56(50)63(55(49)34-44)48-28-31-51-58(36-48)64-57-21-11-20-52(59(51)57)60-61-53(46-24-22-40-16-7-9-18-42(40)32-46)37-54(62-60)47-25-23-41-17-8-10-19-43(41)33-47/h1-37,60-61H. The van der Waals surface area contributed by atoms with Crippen LogP contribution in [0.3, 0.4) is 0 Å². The molecule has 1 aliphatic heterocycles. The first kappa shape index (κ1) is 36.2. The quantitative estimate of drug-likeness (QED) is 0.182. The predicted octanol–water partition coefficient (Wildman–Crippen LogP) is 15.5. The maximum atomic E-state index is 6.85. The number of aliphatic imine (C=N–C) groups is 1. The van der Waals surface area contributed by atoms with Gasteiger partial charge in [0.25, 0.3) is 0 Å². The summed E-state index contributed by atoms with van der Waals surface area (Å²) in [5.41, 5.74) is 14.9. The van der Waals surface area contributed by atoms with Crippen molar-refractivity contribution in [1.82, 2.24) is 9.88 Å². The molecule has 1 N–H and O–H groups in total. The van der Waals surface area contributed by atoms with E-state index in [4.69, 9.17) is 9.41 Å². The zero-order chi connectivity index (χ0) is 42.1. The molecule has 3 heterocycles. The van der Waals surface area contributed by atoms with Crippen LogP contribution in [0.15, 0.2) is 234 Å². The van der Waals surface area contributed by atoms with Gasteiger partial charge >= 0.3 is 0 Å². The van der Waals surface area contributed by atoms with E-state index in [-0.39, 0.29) is 6.17 Å².